The minimum atomic E-state index is -3.89. The lowest BCUT2D eigenvalue weighted by Gasteiger charge is -2.11. The van der Waals surface area contributed by atoms with Crippen molar-refractivity contribution >= 4 is 33.3 Å². The van der Waals surface area contributed by atoms with Gasteiger partial charge in [0, 0.05) is 17.5 Å². The lowest BCUT2D eigenvalue weighted by Crippen LogP contribution is -2.13. The summed E-state index contributed by atoms with van der Waals surface area (Å²) < 4.78 is 43.0. The van der Waals surface area contributed by atoms with Crippen LogP contribution in [0, 0.1) is 11.8 Å². The molecule has 2 aromatic rings. The third-order valence-electron chi connectivity index (χ3n) is 3.79. The molecule has 7 nitrogen and oxygen atoms in total. The SMILES string of the molecule is COC(=O)CCC#Cc1cc(Cl)ccc1NS(=O)(=O)c1ccc2c(c1)OCO2. The molecule has 2 aromatic carbocycles. The normalized spacial score (nSPS) is 12.1. The second-order valence-electron chi connectivity index (χ2n) is 5.69. The number of hydrogen-bond acceptors (Lipinski definition) is 6. The molecule has 1 aliphatic heterocycles. The Kier molecular flexibility index (Phi) is 5.97. The number of methoxy groups -OCH3 is 1. The average Bonchev–Trinajstić information content (AvgIpc) is 3.14. The Morgan fingerprint density at radius 2 is 2.00 bits per heavy atom. The molecule has 9 heteroatoms. The highest BCUT2D eigenvalue weighted by Gasteiger charge is 2.21. The number of benzene rings is 2. The third kappa shape index (κ3) is 4.68. The molecule has 0 atom stereocenters. The summed E-state index contributed by atoms with van der Waals surface area (Å²) in [7, 11) is -2.59. The summed E-state index contributed by atoms with van der Waals surface area (Å²) >= 11 is 6.01. The lowest BCUT2D eigenvalue weighted by molar-refractivity contribution is -0.140. The Morgan fingerprint density at radius 1 is 1.21 bits per heavy atom. The van der Waals surface area contributed by atoms with Gasteiger partial charge in [-0.15, -0.1) is 0 Å². The van der Waals surface area contributed by atoms with Crippen molar-refractivity contribution in [2.75, 3.05) is 18.6 Å². The third-order valence-corrected chi connectivity index (χ3v) is 5.38. The summed E-state index contributed by atoms with van der Waals surface area (Å²) in [4.78, 5) is 11.2. The van der Waals surface area contributed by atoms with Crippen molar-refractivity contribution in [3.8, 4) is 23.3 Å². The van der Waals surface area contributed by atoms with Crippen LogP contribution in [0.2, 0.25) is 5.02 Å². The minimum absolute atomic E-state index is 0.0244. The molecule has 3 rings (SSSR count). The second kappa shape index (κ2) is 8.42. The van der Waals surface area contributed by atoms with Gasteiger partial charge in [-0.25, -0.2) is 8.42 Å². The summed E-state index contributed by atoms with van der Waals surface area (Å²) in [5.74, 6) is 6.13. The summed E-state index contributed by atoms with van der Waals surface area (Å²) in [6, 6.07) is 8.97. The number of rotatable bonds is 5. The van der Waals surface area contributed by atoms with E-state index in [2.05, 4.69) is 21.3 Å². The van der Waals surface area contributed by atoms with Crippen LogP contribution < -0.4 is 14.2 Å². The van der Waals surface area contributed by atoms with Gasteiger partial charge in [0.2, 0.25) is 6.79 Å². The number of sulfonamides is 1. The van der Waals surface area contributed by atoms with Gasteiger partial charge < -0.3 is 14.2 Å². The molecular weight excluding hydrogens is 406 g/mol. The Labute approximate surface area is 167 Å². The van der Waals surface area contributed by atoms with Crippen LogP contribution in [0.25, 0.3) is 0 Å². The van der Waals surface area contributed by atoms with E-state index < -0.39 is 10.0 Å². The van der Waals surface area contributed by atoms with Crippen LogP contribution in [0.3, 0.4) is 0 Å². The molecule has 0 fully saturated rings. The fraction of sp³-hybridized carbons (Fsp3) is 0.211. The predicted octanol–water partition coefficient (Wildman–Crippen LogP) is 3.17. The van der Waals surface area contributed by atoms with Crippen molar-refractivity contribution in [1.82, 2.24) is 0 Å². The summed E-state index contributed by atoms with van der Waals surface area (Å²) in [6.07, 6.45) is 0.413. The molecular formula is C19H16ClNO6S. The molecule has 0 radical (unpaired) electrons. The van der Waals surface area contributed by atoms with E-state index in [0.717, 1.165) is 0 Å². The topological polar surface area (TPSA) is 90.9 Å². The summed E-state index contributed by atoms with van der Waals surface area (Å²) in [5.41, 5.74) is 0.661. The molecule has 0 bridgehead atoms. The van der Waals surface area contributed by atoms with Crippen LogP contribution in [-0.4, -0.2) is 28.3 Å². The van der Waals surface area contributed by atoms with Gasteiger partial charge in [-0.05, 0) is 30.3 Å². The van der Waals surface area contributed by atoms with Crippen LogP contribution >= 0.6 is 11.6 Å². The number of esters is 1. The van der Waals surface area contributed by atoms with Crippen molar-refractivity contribution in [2.45, 2.75) is 17.7 Å². The fourth-order valence-electron chi connectivity index (χ4n) is 2.38. The molecule has 0 saturated heterocycles. The van der Waals surface area contributed by atoms with E-state index in [-0.39, 0.29) is 36.2 Å². The van der Waals surface area contributed by atoms with Gasteiger partial charge in [0.15, 0.2) is 11.5 Å². The first-order valence-electron chi connectivity index (χ1n) is 8.17. The maximum Gasteiger partial charge on any atom is 0.306 e. The molecule has 0 saturated carbocycles. The lowest BCUT2D eigenvalue weighted by atomic mass is 10.2. The molecule has 0 aliphatic carbocycles. The molecule has 1 N–H and O–H groups in total. The Bertz CT molecular complexity index is 1070. The number of halogens is 1. The number of fused-ring (bicyclic) bond motifs is 1. The van der Waals surface area contributed by atoms with E-state index in [0.29, 0.717) is 22.1 Å². The number of carbonyl (C=O) groups is 1. The molecule has 1 aliphatic rings. The van der Waals surface area contributed by atoms with Crippen molar-refractivity contribution in [1.29, 1.82) is 0 Å². The smallest absolute Gasteiger partial charge is 0.306 e. The number of nitrogens with one attached hydrogen (secondary N) is 1. The van der Waals surface area contributed by atoms with Gasteiger partial charge in [0.1, 0.15) is 0 Å². The Hall–Kier alpha value is -2.89. The molecule has 1 heterocycles. The zero-order valence-electron chi connectivity index (χ0n) is 14.8. The van der Waals surface area contributed by atoms with Gasteiger partial charge >= 0.3 is 5.97 Å². The molecule has 0 amide bonds. The van der Waals surface area contributed by atoms with E-state index in [1.165, 1.54) is 31.4 Å². The van der Waals surface area contributed by atoms with Gasteiger partial charge in [-0.3, -0.25) is 9.52 Å². The highest BCUT2D eigenvalue weighted by atomic mass is 35.5. The molecule has 28 heavy (non-hydrogen) atoms. The maximum absolute atomic E-state index is 12.7. The summed E-state index contributed by atoms with van der Waals surface area (Å²) in [5, 5.41) is 0.406. The van der Waals surface area contributed by atoms with E-state index in [4.69, 9.17) is 21.1 Å². The monoisotopic (exact) mass is 421 g/mol. The van der Waals surface area contributed by atoms with Gasteiger partial charge in [0.25, 0.3) is 10.0 Å². The van der Waals surface area contributed by atoms with Crippen molar-refractivity contribution < 1.29 is 27.4 Å². The standard InChI is InChI=1S/C19H16ClNO6S/c1-25-19(22)5-3-2-4-13-10-14(20)6-8-16(13)21-28(23,24)15-7-9-17-18(11-15)27-12-26-17/h6-11,21H,3,5,12H2,1H3. The first-order chi connectivity index (χ1) is 13.4. The van der Waals surface area contributed by atoms with Crippen LogP contribution in [0.4, 0.5) is 5.69 Å². The predicted molar refractivity (Wildman–Crippen MR) is 103 cm³/mol. The van der Waals surface area contributed by atoms with Crippen LogP contribution in [0.1, 0.15) is 18.4 Å². The molecule has 0 unspecified atom stereocenters. The maximum atomic E-state index is 12.7. The van der Waals surface area contributed by atoms with Gasteiger partial charge in [0.05, 0.1) is 29.7 Å². The van der Waals surface area contributed by atoms with Crippen LogP contribution in [0.15, 0.2) is 41.3 Å². The number of anilines is 1. The van der Waals surface area contributed by atoms with E-state index in [9.17, 15) is 13.2 Å². The largest absolute Gasteiger partial charge is 0.469 e. The highest BCUT2D eigenvalue weighted by molar-refractivity contribution is 7.92. The van der Waals surface area contributed by atoms with Gasteiger partial charge in [-0.1, -0.05) is 23.4 Å². The Balaban J connectivity index is 1.83. The van der Waals surface area contributed by atoms with Crippen molar-refractivity contribution in [3.05, 3.63) is 47.0 Å². The van der Waals surface area contributed by atoms with Crippen molar-refractivity contribution in [3.63, 3.8) is 0 Å². The average molecular weight is 422 g/mol. The molecule has 0 aromatic heterocycles. The second-order valence-corrected chi connectivity index (χ2v) is 7.81. The van der Waals surface area contributed by atoms with Gasteiger partial charge in [-0.2, -0.15) is 0 Å². The van der Waals surface area contributed by atoms with E-state index in [1.54, 1.807) is 12.1 Å². The first kappa shape index (κ1) is 19.9. The quantitative estimate of drug-likeness (QED) is 0.589. The Morgan fingerprint density at radius 3 is 2.79 bits per heavy atom. The molecule has 146 valence electrons. The first-order valence-corrected chi connectivity index (χ1v) is 10.0. The number of ether oxygens (including phenoxy) is 3. The zero-order chi connectivity index (χ0) is 20.1. The fourth-order valence-corrected chi connectivity index (χ4v) is 3.65. The van der Waals surface area contributed by atoms with E-state index >= 15 is 0 Å². The summed E-state index contributed by atoms with van der Waals surface area (Å²) in [6.45, 7) is 0.0504. The number of hydrogen-bond donors (Lipinski definition) is 1. The number of carbonyl (C=O) groups excluding carboxylic acids is 1. The molecule has 0 spiro atoms. The van der Waals surface area contributed by atoms with Crippen LogP contribution in [-0.2, 0) is 19.6 Å². The van der Waals surface area contributed by atoms with E-state index in [1.807, 2.05) is 0 Å². The highest BCUT2D eigenvalue weighted by Crippen LogP contribution is 2.34. The minimum Gasteiger partial charge on any atom is -0.469 e. The van der Waals surface area contributed by atoms with Crippen molar-refractivity contribution in [2.24, 2.45) is 0 Å². The zero-order valence-corrected chi connectivity index (χ0v) is 16.4. The van der Waals surface area contributed by atoms with Crippen LogP contribution in [0.5, 0.6) is 11.5 Å².